The Hall–Kier alpha value is -3.90. The maximum Gasteiger partial charge on any atom is 0.337 e. The van der Waals surface area contributed by atoms with Crippen LogP contribution in [0.5, 0.6) is 0 Å². The van der Waals surface area contributed by atoms with Crippen molar-refractivity contribution in [1.29, 1.82) is 0 Å². The van der Waals surface area contributed by atoms with Crippen molar-refractivity contribution in [1.82, 2.24) is 0 Å². The van der Waals surface area contributed by atoms with E-state index in [0.29, 0.717) is 32.8 Å². The van der Waals surface area contributed by atoms with Crippen LogP contribution < -0.4 is 10.3 Å². The normalized spacial score (nSPS) is 15.1. The first-order valence-electron chi connectivity index (χ1n) is 10.2. The molecule has 1 aliphatic heterocycles. The van der Waals surface area contributed by atoms with E-state index in [4.69, 9.17) is 20.8 Å². The zero-order chi connectivity index (χ0) is 23.3. The average Bonchev–Trinajstić information content (AvgIpc) is 3.11. The van der Waals surface area contributed by atoms with Crippen molar-refractivity contribution < 1.29 is 18.7 Å². The summed E-state index contributed by atoms with van der Waals surface area (Å²) in [5.74, 6) is -0.913. The third-order valence-electron chi connectivity index (χ3n) is 5.76. The highest BCUT2D eigenvalue weighted by Crippen LogP contribution is 2.41. The highest BCUT2D eigenvalue weighted by atomic mass is 35.5. The van der Waals surface area contributed by atoms with E-state index in [-0.39, 0.29) is 16.8 Å². The first kappa shape index (κ1) is 21.0. The van der Waals surface area contributed by atoms with E-state index in [0.717, 1.165) is 5.56 Å². The SMILES string of the molecule is COC(=O)c1ccc([C@H]2c3c(oc4ccc(C)cc4c3=O)C(=O)N2c2cccc(Cl)c2)cc1. The molecule has 33 heavy (non-hydrogen) atoms. The Labute approximate surface area is 194 Å². The highest BCUT2D eigenvalue weighted by molar-refractivity contribution is 6.31. The summed E-state index contributed by atoms with van der Waals surface area (Å²) < 4.78 is 10.7. The molecule has 0 saturated heterocycles. The third-order valence-corrected chi connectivity index (χ3v) is 5.99. The number of ether oxygens (including phenoxy) is 1. The van der Waals surface area contributed by atoms with Gasteiger partial charge in [-0.25, -0.2) is 4.79 Å². The van der Waals surface area contributed by atoms with Gasteiger partial charge in [0, 0.05) is 10.7 Å². The second-order valence-corrected chi connectivity index (χ2v) is 8.28. The molecule has 0 N–H and O–H groups in total. The van der Waals surface area contributed by atoms with Crippen molar-refractivity contribution >= 4 is 40.1 Å². The van der Waals surface area contributed by atoms with E-state index < -0.39 is 17.9 Å². The van der Waals surface area contributed by atoms with E-state index in [1.165, 1.54) is 12.0 Å². The van der Waals surface area contributed by atoms with Gasteiger partial charge in [0.1, 0.15) is 5.58 Å². The number of methoxy groups -OCH3 is 1. The number of hydrogen-bond donors (Lipinski definition) is 0. The monoisotopic (exact) mass is 459 g/mol. The number of hydrogen-bond acceptors (Lipinski definition) is 5. The quantitative estimate of drug-likeness (QED) is 0.389. The maximum absolute atomic E-state index is 13.6. The zero-order valence-corrected chi connectivity index (χ0v) is 18.6. The molecule has 0 unspecified atom stereocenters. The number of carbonyl (C=O) groups is 2. The molecule has 0 spiro atoms. The zero-order valence-electron chi connectivity index (χ0n) is 17.8. The first-order chi connectivity index (χ1) is 15.9. The van der Waals surface area contributed by atoms with Crippen LogP contribution in [-0.2, 0) is 4.74 Å². The number of nitrogens with zero attached hydrogens (tertiary/aromatic N) is 1. The van der Waals surface area contributed by atoms with Crippen molar-refractivity contribution in [2.45, 2.75) is 13.0 Å². The van der Waals surface area contributed by atoms with Crippen LogP contribution in [0, 0.1) is 6.92 Å². The van der Waals surface area contributed by atoms with Gasteiger partial charge in [-0.2, -0.15) is 0 Å². The summed E-state index contributed by atoms with van der Waals surface area (Å²) in [5.41, 5.74) is 2.78. The summed E-state index contributed by atoms with van der Waals surface area (Å²) in [6, 6.07) is 18.0. The molecule has 0 radical (unpaired) electrons. The number of amides is 1. The Morgan fingerprint density at radius 2 is 1.79 bits per heavy atom. The Morgan fingerprint density at radius 3 is 2.48 bits per heavy atom. The standard InChI is InChI=1S/C26H18ClNO5/c1-14-6-11-20-19(12-14)23(29)21-22(15-7-9-16(10-8-15)26(31)32-2)28(25(30)24(21)33-20)18-5-3-4-17(27)13-18/h3-13,22H,1-2H3/t22-/m0/s1. The highest BCUT2D eigenvalue weighted by Gasteiger charge is 2.43. The van der Waals surface area contributed by atoms with Gasteiger partial charge in [0.25, 0.3) is 5.91 Å². The molecule has 1 aliphatic rings. The lowest BCUT2D eigenvalue weighted by atomic mass is 9.97. The third kappa shape index (κ3) is 3.39. The van der Waals surface area contributed by atoms with Gasteiger partial charge in [-0.1, -0.05) is 41.4 Å². The first-order valence-corrected chi connectivity index (χ1v) is 10.6. The summed E-state index contributed by atoms with van der Waals surface area (Å²) in [4.78, 5) is 40.6. The lowest BCUT2D eigenvalue weighted by Gasteiger charge is -2.25. The number of rotatable bonds is 3. The molecule has 2 heterocycles. The number of halogens is 1. The van der Waals surface area contributed by atoms with E-state index in [1.807, 2.05) is 13.0 Å². The molecule has 1 amide bonds. The number of carbonyl (C=O) groups excluding carboxylic acids is 2. The maximum atomic E-state index is 13.6. The van der Waals surface area contributed by atoms with Gasteiger partial charge in [-0.05, 0) is 55.0 Å². The van der Waals surface area contributed by atoms with Crippen LogP contribution in [0.3, 0.4) is 0 Å². The van der Waals surface area contributed by atoms with Gasteiger partial charge in [0.05, 0.1) is 29.7 Å². The average molecular weight is 460 g/mol. The Kier molecular flexibility index (Phi) is 5.02. The Balaban J connectivity index is 1.77. The molecule has 0 fully saturated rings. The van der Waals surface area contributed by atoms with Crippen LogP contribution in [0.25, 0.3) is 11.0 Å². The molecule has 0 saturated carbocycles. The molecule has 3 aromatic carbocycles. The lowest BCUT2D eigenvalue weighted by molar-refractivity contribution is 0.0600. The van der Waals surface area contributed by atoms with Gasteiger partial charge < -0.3 is 9.15 Å². The molecule has 1 atom stereocenters. The number of esters is 1. The van der Waals surface area contributed by atoms with Gasteiger partial charge in [-0.3, -0.25) is 14.5 Å². The Bertz CT molecular complexity index is 1490. The minimum atomic E-state index is -0.751. The summed E-state index contributed by atoms with van der Waals surface area (Å²) in [5, 5.41) is 0.863. The molecule has 1 aromatic heterocycles. The van der Waals surface area contributed by atoms with Crippen LogP contribution in [0.1, 0.15) is 43.6 Å². The van der Waals surface area contributed by atoms with Crippen molar-refractivity contribution in [3.63, 3.8) is 0 Å². The van der Waals surface area contributed by atoms with Gasteiger partial charge in [-0.15, -0.1) is 0 Å². The fourth-order valence-corrected chi connectivity index (χ4v) is 4.40. The van der Waals surface area contributed by atoms with E-state index in [2.05, 4.69) is 0 Å². The molecule has 6 nitrogen and oxygen atoms in total. The van der Waals surface area contributed by atoms with Gasteiger partial charge in [0.15, 0.2) is 5.43 Å². The second-order valence-electron chi connectivity index (χ2n) is 7.84. The number of aryl methyl sites for hydroxylation is 1. The number of benzene rings is 3. The minimum Gasteiger partial charge on any atom is -0.465 e. The van der Waals surface area contributed by atoms with E-state index in [1.54, 1.807) is 60.7 Å². The van der Waals surface area contributed by atoms with Crippen LogP contribution >= 0.6 is 11.6 Å². The van der Waals surface area contributed by atoms with Crippen molar-refractivity contribution in [2.75, 3.05) is 12.0 Å². The van der Waals surface area contributed by atoms with Gasteiger partial charge >= 0.3 is 5.97 Å². The predicted octanol–water partition coefficient (Wildman–Crippen LogP) is 5.29. The summed E-state index contributed by atoms with van der Waals surface area (Å²) in [7, 11) is 1.31. The smallest absolute Gasteiger partial charge is 0.337 e. The molecule has 0 bridgehead atoms. The van der Waals surface area contributed by atoms with Crippen LogP contribution in [0.4, 0.5) is 5.69 Å². The number of anilines is 1. The summed E-state index contributed by atoms with van der Waals surface area (Å²) in [6.07, 6.45) is 0. The van der Waals surface area contributed by atoms with Crippen LogP contribution in [-0.4, -0.2) is 19.0 Å². The largest absolute Gasteiger partial charge is 0.465 e. The fourth-order valence-electron chi connectivity index (χ4n) is 4.21. The van der Waals surface area contributed by atoms with E-state index >= 15 is 0 Å². The molecule has 164 valence electrons. The second kappa shape index (κ2) is 7.90. The summed E-state index contributed by atoms with van der Waals surface area (Å²) in [6.45, 7) is 1.89. The van der Waals surface area contributed by atoms with E-state index in [9.17, 15) is 14.4 Å². The van der Waals surface area contributed by atoms with Gasteiger partial charge in [0.2, 0.25) is 5.76 Å². The van der Waals surface area contributed by atoms with Crippen molar-refractivity contribution in [2.24, 2.45) is 0 Å². The fraction of sp³-hybridized carbons (Fsp3) is 0.115. The topological polar surface area (TPSA) is 76.8 Å². The molecular formula is C26H18ClNO5. The van der Waals surface area contributed by atoms with Crippen molar-refractivity contribution in [3.05, 3.63) is 110 Å². The molecule has 4 aromatic rings. The lowest BCUT2D eigenvalue weighted by Crippen LogP contribution is -2.29. The molecule has 0 aliphatic carbocycles. The number of fused-ring (bicyclic) bond motifs is 2. The summed E-state index contributed by atoms with van der Waals surface area (Å²) >= 11 is 6.21. The predicted molar refractivity (Wildman–Crippen MR) is 125 cm³/mol. The van der Waals surface area contributed by atoms with Crippen LogP contribution in [0.15, 0.2) is 75.9 Å². The molecular weight excluding hydrogens is 442 g/mol. The minimum absolute atomic E-state index is 0.00151. The molecule has 7 heteroatoms. The molecule has 5 rings (SSSR count). The Morgan fingerprint density at radius 1 is 1.03 bits per heavy atom. The van der Waals surface area contributed by atoms with Crippen LogP contribution in [0.2, 0.25) is 5.02 Å². The van der Waals surface area contributed by atoms with Crippen molar-refractivity contribution in [3.8, 4) is 0 Å².